The zero-order valence-corrected chi connectivity index (χ0v) is 35.6. The van der Waals surface area contributed by atoms with Crippen molar-refractivity contribution in [1.82, 2.24) is 4.90 Å². The van der Waals surface area contributed by atoms with Crippen molar-refractivity contribution in [2.24, 2.45) is 0 Å². The van der Waals surface area contributed by atoms with Gasteiger partial charge in [-0.2, -0.15) is 79.0 Å². The van der Waals surface area contributed by atoms with E-state index in [2.05, 4.69) is 16.0 Å². The highest BCUT2D eigenvalue weighted by molar-refractivity contribution is 5.81. The number of nitrogens with zero attached hydrogens (tertiary/aromatic N) is 1. The molecule has 13 nitrogen and oxygen atoms in total. The predicted octanol–water partition coefficient (Wildman–Crippen LogP) is 8.76. The Labute approximate surface area is 392 Å². The maximum atomic E-state index is 13.5. The van der Waals surface area contributed by atoms with Crippen molar-refractivity contribution in [1.29, 1.82) is 0 Å². The van der Waals surface area contributed by atoms with Crippen LogP contribution >= 0.6 is 0 Å². The lowest BCUT2D eigenvalue weighted by atomic mass is 10.1. The van der Waals surface area contributed by atoms with E-state index in [1.165, 1.54) is 4.90 Å². The molecule has 6 rings (SSSR count). The van der Waals surface area contributed by atoms with E-state index in [9.17, 15) is 108 Å². The molecule has 0 aromatic heterocycles. The van der Waals surface area contributed by atoms with E-state index >= 15 is 0 Å². The Bertz CT molecular complexity index is 2840. The van der Waals surface area contributed by atoms with Gasteiger partial charge in [0.1, 0.15) is 34.1 Å². The minimum absolute atomic E-state index is 0.212. The third kappa shape index (κ3) is 12.4. The second kappa shape index (κ2) is 19.4. The number of anilines is 9. The first kappa shape index (κ1) is 54.7. The molecule has 0 radical (unpaired) electrons. The van der Waals surface area contributed by atoms with Gasteiger partial charge in [-0.1, -0.05) is 0 Å². The molecular weight excluding hydrogens is 1040 g/mol. The highest BCUT2D eigenvalue weighted by Crippen LogP contribution is 2.41. The Morgan fingerprint density at radius 3 is 0.644 bits per heavy atom. The summed E-state index contributed by atoms with van der Waals surface area (Å²) in [5, 5.41) is 13.5. The van der Waals surface area contributed by atoms with E-state index in [-0.39, 0.29) is 74.2 Å². The second-order valence-corrected chi connectivity index (χ2v) is 15.6. The van der Waals surface area contributed by atoms with Crippen LogP contribution in [0.2, 0.25) is 0 Å². The largest absolute Gasteiger partial charge is 0.416 e. The average Bonchev–Trinajstić information content (AvgIpc) is 3.28. The molecule has 6 N–H and O–H groups in total. The Kier molecular flexibility index (Phi) is 14.6. The molecule has 0 bridgehead atoms. The fourth-order valence-corrected chi connectivity index (χ4v) is 6.91. The molecule has 6 aromatic rings. The Morgan fingerprint density at radius 2 is 0.466 bits per heavy atom. The second-order valence-electron chi connectivity index (χ2n) is 15.6. The van der Waals surface area contributed by atoms with Crippen LogP contribution < -0.4 is 64.5 Å². The lowest BCUT2D eigenvalue weighted by Gasteiger charge is -2.25. The molecule has 0 spiro atoms. The van der Waals surface area contributed by atoms with Crippen LogP contribution in [0.15, 0.2) is 83.4 Å². The summed E-state index contributed by atoms with van der Waals surface area (Å²) in [5.41, 5.74) is -25.8. The van der Waals surface area contributed by atoms with Gasteiger partial charge in [0.15, 0.2) is 0 Å². The van der Waals surface area contributed by atoms with Gasteiger partial charge in [0.2, 0.25) is 0 Å². The van der Waals surface area contributed by atoms with Crippen molar-refractivity contribution < 1.29 is 79.0 Å². The summed E-state index contributed by atoms with van der Waals surface area (Å²) in [5.74, 6) is 0. The van der Waals surface area contributed by atoms with Gasteiger partial charge in [-0.05, 0) is 54.6 Å². The first-order chi connectivity index (χ1) is 33.4. The van der Waals surface area contributed by atoms with Gasteiger partial charge >= 0.3 is 37.1 Å². The van der Waals surface area contributed by atoms with Crippen molar-refractivity contribution in [3.8, 4) is 0 Å². The van der Waals surface area contributed by atoms with Crippen molar-refractivity contribution in [3.63, 3.8) is 0 Å². The topological polar surface area (TPSA) is 178 Å². The van der Waals surface area contributed by atoms with E-state index < -0.39 is 174 Å². The quantitative estimate of drug-likeness (QED) is 0.0356. The SMILES string of the molecule is O=c1c(NCCN(CCNc2c(Nc3cc(C(F)(F)F)cc(C(F)(F)F)c3)c(=O)c2=O)CCNc2c(Nc3cc(C(F)(F)F)cc(C(F)(F)F)c3)c(=O)c2=O)c(Nc2cc(C(F)(F)F)cc(C(F)(F)F)c2)c1=O. The molecule has 0 atom stereocenters. The van der Waals surface area contributed by atoms with Crippen LogP contribution in [-0.4, -0.2) is 44.2 Å². The molecule has 0 aliphatic carbocycles. The highest BCUT2D eigenvalue weighted by atomic mass is 19.4. The van der Waals surface area contributed by atoms with Crippen molar-refractivity contribution in [2.75, 3.05) is 71.2 Å². The first-order valence-electron chi connectivity index (χ1n) is 20.1. The lowest BCUT2D eigenvalue weighted by Crippen LogP contribution is -2.42. The summed E-state index contributed by atoms with van der Waals surface area (Å²) in [6, 6.07) is 0.640. The van der Waals surface area contributed by atoms with Crippen LogP contribution in [0.1, 0.15) is 33.4 Å². The van der Waals surface area contributed by atoms with E-state index in [1.807, 2.05) is 16.0 Å². The van der Waals surface area contributed by atoms with E-state index in [1.54, 1.807) is 0 Å². The van der Waals surface area contributed by atoms with E-state index in [0.717, 1.165) is 0 Å². The molecule has 392 valence electrons. The highest BCUT2D eigenvalue weighted by Gasteiger charge is 2.40. The number of nitrogens with one attached hydrogen (secondary N) is 6. The van der Waals surface area contributed by atoms with Crippen LogP contribution in [0.25, 0.3) is 0 Å². The molecule has 0 aliphatic heterocycles. The third-order valence-corrected chi connectivity index (χ3v) is 10.5. The Morgan fingerprint density at radius 1 is 0.288 bits per heavy atom. The smallest absolute Gasteiger partial charge is 0.379 e. The molecule has 0 amide bonds. The van der Waals surface area contributed by atoms with Crippen LogP contribution in [0.5, 0.6) is 0 Å². The van der Waals surface area contributed by atoms with Gasteiger partial charge in [0.05, 0.1) is 33.4 Å². The van der Waals surface area contributed by atoms with Gasteiger partial charge in [-0.3, -0.25) is 33.7 Å². The van der Waals surface area contributed by atoms with Crippen molar-refractivity contribution in [2.45, 2.75) is 37.1 Å². The Balaban J connectivity index is 1.21. The van der Waals surface area contributed by atoms with Crippen molar-refractivity contribution in [3.05, 3.63) is 149 Å². The molecule has 31 heteroatoms. The molecule has 0 unspecified atom stereocenters. The zero-order chi connectivity index (χ0) is 54.6. The minimum atomic E-state index is -5.31. The van der Waals surface area contributed by atoms with Crippen molar-refractivity contribution >= 4 is 51.2 Å². The average molecular weight is 1070 g/mol. The summed E-state index contributed by atoms with van der Waals surface area (Å²) in [7, 11) is 0. The molecule has 0 aliphatic rings. The van der Waals surface area contributed by atoms with Crippen LogP contribution in [-0.2, 0) is 37.1 Å². The van der Waals surface area contributed by atoms with E-state index in [0.29, 0.717) is 0 Å². The summed E-state index contributed by atoms with van der Waals surface area (Å²) in [4.78, 5) is 76.1. The third-order valence-electron chi connectivity index (χ3n) is 10.5. The Hall–Kier alpha value is -7.60. The predicted molar refractivity (Wildman–Crippen MR) is 225 cm³/mol. The van der Waals surface area contributed by atoms with Gasteiger partial charge < -0.3 is 31.9 Å². The number of hydrogen-bond donors (Lipinski definition) is 6. The summed E-state index contributed by atoms with van der Waals surface area (Å²) in [6.07, 6.45) is -31.8. The number of alkyl halides is 18. The fraction of sp³-hybridized carbons (Fsp3) is 0.286. The van der Waals surface area contributed by atoms with Gasteiger partial charge in [0.25, 0.3) is 32.6 Å². The van der Waals surface area contributed by atoms with Crippen LogP contribution in [0, 0.1) is 0 Å². The number of rotatable bonds is 18. The number of hydrogen-bond acceptors (Lipinski definition) is 13. The zero-order valence-electron chi connectivity index (χ0n) is 35.6. The molecule has 0 heterocycles. The first-order valence-corrected chi connectivity index (χ1v) is 20.1. The number of benzene rings is 3. The molecule has 6 aromatic carbocycles. The van der Waals surface area contributed by atoms with E-state index in [4.69, 9.17) is 0 Å². The normalized spacial score (nSPS) is 13.0. The van der Waals surface area contributed by atoms with Gasteiger partial charge in [0, 0.05) is 56.3 Å². The summed E-state index contributed by atoms with van der Waals surface area (Å²) < 4.78 is 242. The maximum absolute atomic E-state index is 13.5. The van der Waals surface area contributed by atoms with Gasteiger partial charge in [-0.15, -0.1) is 0 Å². The molecule has 0 saturated heterocycles. The minimum Gasteiger partial charge on any atom is -0.379 e. The molecular formula is C42H27F18N7O6. The monoisotopic (exact) mass is 1070 g/mol. The number of halogens is 18. The summed E-state index contributed by atoms with van der Waals surface area (Å²) in [6.45, 7) is -2.39. The van der Waals surface area contributed by atoms with Crippen LogP contribution in [0.3, 0.4) is 0 Å². The molecule has 73 heavy (non-hydrogen) atoms. The molecule has 0 fully saturated rings. The van der Waals surface area contributed by atoms with Crippen LogP contribution in [0.4, 0.5) is 130 Å². The fourth-order valence-electron chi connectivity index (χ4n) is 6.91. The maximum Gasteiger partial charge on any atom is 0.416 e. The standard InChI is InChI=1S/C42H27F18N7O6/c43-37(44,45)16-7-17(38(46,47)48)11-22(10-16)64-28-25(31(68)34(28)71)61-1-4-67(5-2-62-26-29(35(72)32(26)69)65-23-12-18(39(49,50)51)8-19(13-23)40(52,53)54)6-3-63-27-30(36(73)33(27)70)66-24-14-20(41(55,56)57)9-21(15-24)42(58,59)60/h7-15,61-66H,1-6H2. The van der Waals surface area contributed by atoms with Gasteiger partial charge in [-0.25, -0.2) is 0 Å². The summed E-state index contributed by atoms with van der Waals surface area (Å²) >= 11 is 0. The lowest BCUT2D eigenvalue weighted by molar-refractivity contribution is -0.144. The molecule has 0 saturated carbocycles.